The molecule has 1 unspecified atom stereocenters. The third-order valence-electron chi connectivity index (χ3n) is 1.93. The van der Waals surface area contributed by atoms with Crippen molar-refractivity contribution in [3.05, 3.63) is 24.8 Å². The Morgan fingerprint density at radius 2 is 2.06 bits per heavy atom. The summed E-state index contributed by atoms with van der Waals surface area (Å²) in [6, 6.07) is 0. The molecular weight excluding hydrogens is 196 g/mol. The fourth-order valence-electron chi connectivity index (χ4n) is 0.994. The van der Waals surface area contributed by atoms with Crippen molar-refractivity contribution in [1.82, 2.24) is 0 Å². The average molecular weight is 216 g/mol. The van der Waals surface area contributed by atoms with E-state index >= 15 is 0 Å². The summed E-state index contributed by atoms with van der Waals surface area (Å²) in [6.07, 6.45) is 9.31. The summed E-state index contributed by atoms with van der Waals surface area (Å²) < 4.78 is 0. The molecule has 16 heavy (non-hydrogen) atoms. The van der Waals surface area contributed by atoms with Gasteiger partial charge in [-0.05, 0) is 18.6 Å². The molecule has 0 radical (unpaired) electrons. The van der Waals surface area contributed by atoms with Gasteiger partial charge in [0.2, 0.25) is 0 Å². The predicted molar refractivity (Wildman–Crippen MR) is 69.7 cm³/mol. The molecule has 0 spiro atoms. The summed E-state index contributed by atoms with van der Waals surface area (Å²) in [5.41, 5.74) is 0. The molecule has 0 aliphatic carbocycles. The van der Waals surface area contributed by atoms with E-state index in [4.69, 9.17) is 5.11 Å². The van der Waals surface area contributed by atoms with Crippen molar-refractivity contribution in [3.8, 4) is 23.7 Å². The maximum absolute atomic E-state index is 9.08. The molecule has 1 N–H and O–H groups in total. The van der Waals surface area contributed by atoms with Gasteiger partial charge in [0.1, 0.15) is 0 Å². The van der Waals surface area contributed by atoms with Gasteiger partial charge in [-0.3, -0.25) is 0 Å². The van der Waals surface area contributed by atoms with E-state index in [1.807, 2.05) is 0 Å². The van der Waals surface area contributed by atoms with E-state index < -0.39 is 6.10 Å². The Kier molecular flexibility index (Phi) is 10.6. The molecule has 0 aliphatic heterocycles. The highest BCUT2D eigenvalue weighted by Gasteiger charge is 1.84. The highest BCUT2D eigenvalue weighted by atomic mass is 16.3. The van der Waals surface area contributed by atoms with Crippen LogP contribution in [0.2, 0.25) is 0 Å². The molecule has 0 aromatic rings. The van der Waals surface area contributed by atoms with Gasteiger partial charge in [0.05, 0.1) is 12.5 Å². The number of hydrogen-bond donors (Lipinski definition) is 1. The van der Waals surface area contributed by atoms with Crippen LogP contribution in [0.4, 0.5) is 0 Å². The normalized spacial score (nSPS) is 11.1. The standard InChI is InChI=1S/C15H20O/c1-3-5-6-7-8-9-10-11-12-13-14-15(16)4-2/h4,13-16H,2-3,5-7,10H2,1H3/b14-13+. The fourth-order valence-corrected chi connectivity index (χ4v) is 0.994. The van der Waals surface area contributed by atoms with Crippen LogP contribution < -0.4 is 0 Å². The minimum atomic E-state index is -0.602. The molecule has 0 aliphatic rings. The van der Waals surface area contributed by atoms with Crippen LogP contribution in [0.15, 0.2) is 24.8 Å². The third-order valence-corrected chi connectivity index (χ3v) is 1.93. The van der Waals surface area contributed by atoms with Crippen LogP contribution >= 0.6 is 0 Å². The van der Waals surface area contributed by atoms with E-state index in [1.165, 1.54) is 25.3 Å². The van der Waals surface area contributed by atoms with Crippen LogP contribution in [0, 0.1) is 23.7 Å². The SMILES string of the molecule is C=CC(O)/C=C/C#CCC#CCCCCC. The first-order chi connectivity index (χ1) is 7.81. The van der Waals surface area contributed by atoms with Crippen LogP contribution in [-0.4, -0.2) is 11.2 Å². The summed E-state index contributed by atoms with van der Waals surface area (Å²) in [5.74, 6) is 11.8. The molecule has 0 amide bonds. The van der Waals surface area contributed by atoms with Gasteiger partial charge in [0.15, 0.2) is 0 Å². The Hall–Kier alpha value is -1.44. The lowest BCUT2D eigenvalue weighted by Crippen LogP contribution is -1.93. The van der Waals surface area contributed by atoms with E-state index in [0.29, 0.717) is 6.42 Å². The molecule has 0 bridgehead atoms. The van der Waals surface area contributed by atoms with E-state index in [-0.39, 0.29) is 0 Å². The molecule has 0 rings (SSSR count). The van der Waals surface area contributed by atoms with E-state index in [2.05, 4.69) is 37.2 Å². The summed E-state index contributed by atoms with van der Waals surface area (Å²) in [4.78, 5) is 0. The summed E-state index contributed by atoms with van der Waals surface area (Å²) >= 11 is 0. The van der Waals surface area contributed by atoms with E-state index in [0.717, 1.165) is 6.42 Å². The van der Waals surface area contributed by atoms with Crippen molar-refractivity contribution in [2.24, 2.45) is 0 Å². The molecular formula is C15H20O. The first-order valence-corrected chi connectivity index (χ1v) is 5.72. The van der Waals surface area contributed by atoms with Crippen molar-refractivity contribution < 1.29 is 5.11 Å². The minimum Gasteiger partial charge on any atom is -0.385 e. The lowest BCUT2D eigenvalue weighted by Gasteiger charge is -1.90. The quantitative estimate of drug-likeness (QED) is 0.425. The highest BCUT2D eigenvalue weighted by Crippen LogP contribution is 1.96. The van der Waals surface area contributed by atoms with Crippen LogP contribution in [0.5, 0.6) is 0 Å². The summed E-state index contributed by atoms with van der Waals surface area (Å²) in [5, 5.41) is 9.08. The Balaban J connectivity index is 3.60. The van der Waals surface area contributed by atoms with E-state index in [1.54, 1.807) is 12.2 Å². The minimum absolute atomic E-state index is 0.598. The van der Waals surface area contributed by atoms with Crippen LogP contribution in [-0.2, 0) is 0 Å². The van der Waals surface area contributed by atoms with Gasteiger partial charge < -0.3 is 5.11 Å². The second-order valence-electron chi connectivity index (χ2n) is 3.39. The van der Waals surface area contributed by atoms with Gasteiger partial charge in [-0.25, -0.2) is 0 Å². The van der Waals surface area contributed by atoms with Crippen LogP contribution in [0.25, 0.3) is 0 Å². The Labute approximate surface area is 99.3 Å². The second-order valence-corrected chi connectivity index (χ2v) is 3.39. The zero-order valence-electron chi connectivity index (χ0n) is 10.00. The largest absolute Gasteiger partial charge is 0.385 e. The van der Waals surface area contributed by atoms with Gasteiger partial charge >= 0.3 is 0 Å². The summed E-state index contributed by atoms with van der Waals surface area (Å²) in [6.45, 7) is 5.64. The molecule has 0 aromatic heterocycles. The topological polar surface area (TPSA) is 20.2 Å². The lowest BCUT2D eigenvalue weighted by atomic mass is 10.2. The maximum Gasteiger partial charge on any atom is 0.0909 e. The molecule has 1 nitrogen and oxygen atoms in total. The van der Waals surface area contributed by atoms with Gasteiger partial charge in [-0.15, -0.1) is 12.5 Å². The highest BCUT2D eigenvalue weighted by molar-refractivity contribution is 5.21. The molecule has 86 valence electrons. The zero-order chi connectivity index (χ0) is 12.1. The number of rotatable bonds is 5. The van der Waals surface area contributed by atoms with Crippen molar-refractivity contribution >= 4 is 0 Å². The first-order valence-electron chi connectivity index (χ1n) is 5.72. The molecule has 0 saturated carbocycles. The Morgan fingerprint density at radius 1 is 1.25 bits per heavy atom. The van der Waals surface area contributed by atoms with Crippen molar-refractivity contribution in [2.75, 3.05) is 0 Å². The number of aliphatic hydroxyl groups is 1. The number of unbranched alkanes of at least 4 members (excludes halogenated alkanes) is 3. The smallest absolute Gasteiger partial charge is 0.0909 e. The van der Waals surface area contributed by atoms with Crippen LogP contribution in [0.3, 0.4) is 0 Å². The Bertz CT molecular complexity index is 317. The fraction of sp³-hybridized carbons (Fsp3) is 0.467. The first kappa shape index (κ1) is 14.6. The average Bonchev–Trinajstić information content (AvgIpc) is 2.31. The third kappa shape index (κ3) is 10.6. The molecule has 0 heterocycles. The number of hydrogen-bond acceptors (Lipinski definition) is 1. The zero-order valence-corrected chi connectivity index (χ0v) is 10.00. The lowest BCUT2D eigenvalue weighted by molar-refractivity contribution is 0.272. The number of allylic oxidation sites excluding steroid dienone is 1. The monoisotopic (exact) mass is 216 g/mol. The van der Waals surface area contributed by atoms with Gasteiger partial charge in [-0.2, -0.15) is 0 Å². The molecule has 0 fully saturated rings. The molecule has 0 saturated heterocycles. The Morgan fingerprint density at radius 3 is 2.75 bits per heavy atom. The predicted octanol–water partition coefficient (Wildman–Crippen LogP) is 3.07. The van der Waals surface area contributed by atoms with Gasteiger partial charge in [0, 0.05) is 6.42 Å². The second kappa shape index (κ2) is 11.6. The van der Waals surface area contributed by atoms with Crippen LogP contribution in [0.1, 0.15) is 39.0 Å². The van der Waals surface area contributed by atoms with Crippen molar-refractivity contribution in [2.45, 2.75) is 45.1 Å². The van der Waals surface area contributed by atoms with E-state index in [9.17, 15) is 0 Å². The summed E-state index contributed by atoms with van der Waals surface area (Å²) in [7, 11) is 0. The van der Waals surface area contributed by atoms with Crippen molar-refractivity contribution in [1.29, 1.82) is 0 Å². The maximum atomic E-state index is 9.08. The van der Waals surface area contributed by atoms with Crippen molar-refractivity contribution in [3.63, 3.8) is 0 Å². The molecule has 1 atom stereocenters. The molecule has 1 heteroatoms. The van der Waals surface area contributed by atoms with Gasteiger partial charge in [0.25, 0.3) is 0 Å². The van der Waals surface area contributed by atoms with Gasteiger partial charge in [-0.1, -0.05) is 43.6 Å². The molecule has 0 aromatic carbocycles. The number of aliphatic hydroxyl groups excluding tert-OH is 1.